The first-order valence-corrected chi connectivity index (χ1v) is 7.18. The molecule has 2 aliphatic heterocycles. The summed E-state index contributed by atoms with van der Waals surface area (Å²) in [5, 5.41) is 10.7. The fourth-order valence-corrected chi connectivity index (χ4v) is 3.65. The molecule has 3 unspecified atom stereocenters. The van der Waals surface area contributed by atoms with Crippen molar-refractivity contribution >= 4 is 0 Å². The summed E-state index contributed by atoms with van der Waals surface area (Å²) >= 11 is 0. The van der Waals surface area contributed by atoms with Crippen LogP contribution in [-0.4, -0.2) is 40.8 Å². The fourth-order valence-electron chi connectivity index (χ4n) is 3.65. The molecule has 3 rings (SSSR count). The first-order chi connectivity index (χ1) is 8.74. The van der Waals surface area contributed by atoms with Gasteiger partial charge in [-0.3, -0.25) is 5.10 Å². The zero-order chi connectivity index (χ0) is 12.5. The molecule has 0 aliphatic carbocycles. The van der Waals surface area contributed by atoms with Gasteiger partial charge in [0.15, 0.2) is 0 Å². The molecule has 4 nitrogen and oxygen atoms in total. The van der Waals surface area contributed by atoms with Gasteiger partial charge in [0.1, 0.15) is 0 Å². The summed E-state index contributed by atoms with van der Waals surface area (Å²) in [7, 11) is 2.30. The Morgan fingerprint density at radius 1 is 1.44 bits per heavy atom. The van der Waals surface area contributed by atoms with Gasteiger partial charge in [0.25, 0.3) is 0 Å². The molecule has 0 radical (unpaired) electrons. The molecule has 3 heterocycles. The standard InChI is InChI=1S/C14H24N4/c1-10(14-5-6-16-17-14)15-9-11-7-12-3-4-13(8-11)18(12)2/h5-6,10-13,15H,3-4,7-9H2,1-2H3,(H,16,17). The summed E-state index contributed by atoms with van der Waals surface area (Å²) in [5.41, 5.74) is 1.19. The van der Waals surface area contributed by atoms with Crippen LogP contribution in [-0.2, 0) is 0 Å². The quantitative estimate of drug-likeness (QED) is 0.856. The van der Waals surface area contributed by atoms with Gasteiger partial charge in [0.05, 0.1) is 5.69 Å². The summed E-state index contributed by atoms with van der Waals surface area (Å²) in [6.45, 7) is 3.35. The number of rotatable bonds is 4. The first kappa shape index (κ1) is 12.2. The summed E-state index contributed by atoms with van der Waals surface area (Å²) in [4.78, 5) is 2.61. The smallest absolute Gasteiger partial charge is 0.0518 e. The molecule has 18 heavy (non-hydrogen) atoms. The minimum Gasteiger partial charge on any atom is -0.309 e. The van der Waals surface area contributed by atoms with Gasteiger partial charge in [0.2, 0.25) is 0 Å². The van der Waals surface area contributed by atoms with Crippen LogP contribution in [0.15, 0.2) is 12.3 Å². The van der Waals surface area contributed by atoms with E-state index >= 15 is 0 Å². The van der Waals surface area contributed by atoms with Crippen molar-refractivity contribution in [3.8, 4) is 0 Å². The van der Waals surface area contributed by atoms with E-state index in [1.807, 2.05) is 6.20 Å². The highest BCUT2D eigenvalue weighted by Gasteiger charge is 2.38. The van der Waals surface area contributed by atoms with Crippen LogP contribution in [0.5, 0.6) is 0 Å². The summed E-state index contributed by atoms with van der Waals surface area (Å²) in [6.07, 6.45) is 7.39. The van der Waals surface area contributed by atoms with Crippen molar-refractivity contribution in [3.63, 3.8) is 0 Å². The molecule has 2 saturated heterocycles. The predicted octanol–water partition coefficient (Wildman–Crippen LogP) is 1.93. The van der Waals surface area contributed by atoms with Gasteiger partial charge in [-0.05, 0) is 58.2 Å². The fraction of sp³-hybridized carbons (Fsp3) is 0.786. The SMILES string of the molecule is CC(NCC1CC2CCC(C1)N2C)c1ccn[nH]1. The third-order valence-corrected chi connectivity index (χ3v) is 4.90. The Kier molecular flexibility index (Phi) is 3.39. The van der Waals surface area contributed by atoms with Crippen LogP contribution in [0.4, 0.5) is 0 Å². The van der Waals surface area contributed by atoms with E-state index in [0.717, 1.165) is 24.5 Å². The lowest BCUT2D eigenvalue weighted by Crippen LogP contribution is -2.42. The number of hydrogen-bond donors (Lipinski definition) is 2. The van der Waals surface area contributed by atoms with Gasteiger partial charge in [-0.2, -0.15) is 5.10 Å². The topological polar surface area (TPSA) is 44.0 Å². The maximum absolute atomic E-state index is 4.01. The molecule has 4 heteroatoms. The molecule has 100 valence electrons. The third kappa shape index (κ3) is 2.31. The van der Waals surface area contributed by atoms with Crippen molar-refractivity contribution in [3.05, 3.63) is 18.0 Å². The second-order valence-corrected chi connectivity index (χ2v) is 6.03. The average Bonchev–Trinajstić information content (AvgIpc) is 2.94. The van der Waals surface area contributed by atoms with Gasteiger partial charge in [-0.15, -0.1) is 0 Å². The average molecular weight is 248 g/mol. The normalized spacial score (nSPS) is 33.8. The maximum atomic E-state index is 4.01. The molecule has 0 amide bonds. The Bertz CT molecular complexity index is 361. The Balaban J connectivity index is 1.50. The molecule has 2 fully saturated rings. The van der Waals surface area contributed by atoms with Crippen molar-refractivity contribution in [2.24, 2.45) is 5.92 Å². The van der Waals surface area contributed by atoms with Crippen LogP contribution in [0.1, 0.15) is 44.3 Å². The van der Waals surface area contributed by atoms with E-state index in [9.17, 15) is 0 Å². The summed E-state index contributed by atoms with van der Waals surface area (Å²) in [5.74, 6) is 0.851. The zero-order valence-corrected chi connectivity index (χ0v) is 11.4. The lowest BCUT2D eigenvalue weighted by Gasteiger charge is -2.36. The number of nitrogens with one attached hydrogen (secondary N) is 2. The molecule has 1 aromatic rings. The highest BCUT2D eigenvalue weighted by molar-refractivity contribution is 5.03. The number of hydrogen-bond acceptors (Lipinski definition) is 3. The Labute approximate surface area is 109 Å². The van der Waals surface area contributed by atoms with Crippen molar-refractivity contribution in [1.82, 2.24) is 20.4 Å². The minimum absolute atomic E-state index is 0.379. The van der Waals surface area contributed by atoms with Crippen LogP contribution in [0, 0.1) is 5.92 Å². The van der Waals surface area contributed by atoms with E-state index in [-0.39, 0.29) is 0 Å². The lowest BCUT2D eigenvalue weighted by molar-refractivity contribution is 0.131. The predicted molar refractivity (Wildman–Crippen MR) is 72.3 cm³/mol. The van der Waals surface area contributed by atoms with Crippen LogP contribution >= 0.6 is 0 Å². The molecule has 3 atom stereocenters. The second-order valence-electron chi connectivity index (χ2n) is 6.03. The van der Waals surface area contributed by atoms with Crippen LogP contribution in [0.25, 0.3) is 0 Å². The third-order valence-electron chi connectivity index (χ3n) is 4.90. The molecule has 1 aromatic heterocycles. The number of piperidine rings is 1. The maximum Gasteiger partial charge on any atom is 0.0518 e. The largest absolute Gasteiger partial charge is 0.309 e. The van der Waals surface area contributed by atoms with E-state index in [4.69, 9.17) is 0 Å². The lowest BCUT2D eigenvalue weighted by atomic mass is 9.91. The number of aromatic nitrogens is 2. The molecule has 0 spiro atoms. The van der Waals surface area contributed by atoms with E-state index in [2.05, 4.69) is 40.5 Å². The number of aromatic amines is 1. The highest BCUT2D eigenvalue weighted by atomic mass is 15.2. The van der Waals surface area contributed by atoms with E-state index in [1.54, 1.807) is 0 Å². The van der Waals surface area contributed by atoms with E-state index in [0.29, 0.717) is 6.04 Å². The minimum atomic E-state index is 0.379. The molecular weight excluding hydrogens is 224 g/mol. The Morgan fingerprint density at radius 2 is 2.17 bits per heavy atom. The van der Waals surface area contributed by atoms with Crippen LogP contribution in [0.2, 0.25) is 0 Å². The van der Waals surface area contributed by atoms with Crippen molar-refractivity contribution in [1.29, 1.82) is 0 Å². The molecule has 2 aliphatic rings. The highest BCUT2D eigenvalue weighted by Crippen LogP contribution is 2.37. The summed E-state index contributed by atoms with van der Waals surface area (Å²) in [6, 6.07) is 4.12. The molecule has 2 N–H and O–H groups in total. The van der Waals surface area contributed by atoms with Gasteiger partial charge in [-0.1, -0.05) is 0 Å². The van der Waals surface area contributed by atoms with Gasteiger partial charge < -0.3 is 10.2 Å². The van der Waals surface area contributed by atoms with Crippen molar-refractivity contribution < 1.29 is 0 Å². The number of fused-ring (bicyclic) bond motifs is 2. The van der Waals surface area contributed by atoms with Crippen molar-refractivity contribution in [2.75, 3.05) is 13.6 Å². The van der Waals surface area contributed by atoms with E-state index in [1.165, 1.54) is 31.4 Å². The molecular formula is C14H24N4. The number of H-pyrrole nitrogens is 1. The van der Waals surface area contributed by atoms with Crippen LogP contribution < -0.4 is 5.32 Å². The first-order valence-electron chi connectivity index (χ1n) is 7.18. The molecule has 2 bridgehead atoms. The zero-order valence-electron chi connectivity index (χ0n) is 11.4. The van der Waals surface area contributed by atoms with Crippen molar-refractivity contribution in [2.45, 2.75) is 50.7 Å². The Hall–Kier alpha value is -0.870. The van der Waals surface area contributed by atoms with Gasteiger partial charge in [0, 0.05) is 24.3 Å². The molecule has 0 saturated carbocycles. The summed E-state index contributed by atoms with van der Waals surface area (Å²) < 4.78 is 0. The Morgan fingerprint density at radius 3 is 2.78 bits per heavy atom. The monoisotopic (exact) mass is 248 g/mol. The van der Waals surface area contributed by atoms with Gasteiger partial charge >= 0.3 is 0 Å². The van der Waals surface area contributed by atoms with Crippen LogP contribution in [0.3, 0.4) is 0 Å². The second kappa shape index (κ2) is 5.02. The van der Waals surface area contributed by atoms with E-state index < -0.39 is 0 Å². The van der Waals surface area contributed by atoms with Gasteiger partial charge in [-0.25, -0.2) is 0 Å². The molecule has 0 aromatic carbocycles. The number of nitrogens with zero attached hydrogens (tertiary/aromatic N) is 2.